The first-order chi connectivity index (χ1) is 9.96. The molecule has 21 heavy (non-hydrogen) atoms. The van der Waals surface area contributed by atoms with Gasteiger partial charge in [-0.2, -0.15) is 0 Å². The number of halogens is 1. The quantitative estimate of drug-likeness (QED) is 0.869. The number of nitrogens with one attached hydrogen (secondary N) is 1. The summed E-state index contributed by atoms with van der Waals surface area (Å²) < 4.78 is 0. The van der Waals surface area contributed by atoms with Crippen LogP contribution in [0.5, 0.6) is 0 Å². The van der Waals surface area contributed by atoms with E-state index in [0.29, 0.717) is 6.04 Å². The van der Waals surface area contributed by atoms with E-state index in [1.807, 2.05) is 23.5 Å². The van der Waals surface area contributed by atoms with E-state index < -0.39 is 0 Å². The summed E-state index contributed by atoms with van der Waals surface area (Å²) in [6.45, 7) is 6.52. The summed E-state index contributed by atoms with van der Waals surface area (Å²) in [6.07, 6.45) is 3.49. The summed E-state index contributed by atoms with van der Waals surface area (Å²) >= 11 is 7.81. The van der Waals surface area contributed by atoms with E-state index in [4.69, 9.17) is 16.6 Å². The SMILES string of the molecule is Cc1nc(C(C)(Cc2ccc(Cl)cc2)NC2CC2)sc1C. The summed E-state index contributed by atoms with van der Waals surface area (Å²) in [4.78, 5) is 6.12. The smallest absolute Gasteiger partial charge is 0.113 e. The predicted octanol–water partition coefficient (Wildman–Crippen LogP) is 4.62. The van der Waals surface area contributed by atoms with Crippen molar-refractivity contribution in [1.82, 2.24) is 10.3 Å². The Morgan fingerprint density at radius 3 is 2.48 bits per heavy atom. The minimum Gasteiger partial charge on any atom is -0.303 e. The minimum atomic E-state index is -0.0985. The lowest BCUT2D eigenvalue weighted by molar-refractivity contribution is 0.357. The number of hydrogen-bond acceptors (Lipinski definition) is 3. The second-order valence-corrected chi connectivity index (χ2v) is 7.85. The van der Waals surface area contributed by atoms with Crippen LogP contribution in [0.15, 0.2) is 24.3 Å². The number of benzene rings is 1. The summed E-state index contributed by atoms with van der Waals surface area (Å²) in [6, 6.07) is 8.80. The van der Waals surface area contributed by atoms with Crippen molar-refractivity contribution in [1.29, 1.82) is 0 Å². The molecular formula is C17H21ClN2S. The van der Waals surface area contributed by atoms with Gasteiger partial charge in [0.15, 0.2) is 0 Å². The van der Waals surface area contributed by atoms with Gasteiger partial charge in [0.25, 0.3) is 0 Å². The maximum Gasteiger partial charge on any atom is 0.113 e. The van der Waals surface area contributed by atoms with Gasteiger partial charge in [-0.1, -0.05) is 23.7 Å². The Hall–Kier alpha value is -0.900. The fourth-order valence-electron chi connectivity index (χ4n) is 2.59. The van der Waals surface area contributed by atoms with Crippen molar-refractivity contribution in [2.75, 3.05) is 0 Å². The molecule has 0 spiro atoms. The van der Waals surface area contributed by atoms with E-state index in [2.05, 4.69) is 38.2 Å². The van der Waals surface area contributed by atoms with Crippen LogP contribution in [0.3, 0.4) is 0 Å². The minimum absolute atomic E-state index is 0.0985. The first-order valence-electron chi connectivity index (χ1n) is 7.43. The van der Waals surface area contributed by atoms with Gasteiger partial charge < -0.3 is 5.32 Å². The molecule has 2 nitrogen and oxygen atoms in total. The van der Waals surface area contributed by atoms with Crippen molar-refractivity contribution in [2.45, 2.75) is 51.6 Å². The van der Waals surface area contributed by atoms with E-state index >= 15 is 0 Å². The molecule has 1 aromatic carbocycles. The molecule has 1 unspecified atom stereocenters. The van der Waals surface area contributed by atoms with Gasteiger partial charge in [0.2, 0.25) is 0 Å². The molecule has 4 heteroatoms. The molecule has 0 radical (unpaired) electrons. The number of hydrogen-bond donors (Lipinski definition) is 1. The zero-order chi connectivity index (χ0) is 15.0. The molecule has 1 aliphatic rings. The summed E-state index contributed by atoms with van der Waals surface area (Å²) in [5.74, 6) is 0. The third-order valence-electron chi connectivity index (χ3n) is 4.07. The van der Waals surface area contributed by atoms with Gasteiger partial charge in [-0.25, -0.2) is 4.98 Å². The Labute approximate surface area is 135 Å². The fourth-order valence-corrected chi connectivity index (χ4v) is 3.73. The molecule has 112 valence electrons. The number of aryl methyl sites for hydroxylation is 2. The second-order valence-electron chi connectivity index (χ2n) is 6.21. The van der Waals surface area contributed by atoms with Gasteiger partial charge in [-0.3, -0.25) is 0 Å². The van der Waals surface area contributed by atoms with E-state index in [0.717, 1.165) is 17.1 Å². The maximum atomic E-state index is 5.99. The average molecular weight is 321 g/mol. The zero-order valence-corrected chi connectivity index (χ0v) is 14.3. The molecule has 2 aromatic rings. The van der Waals surface area contributed by atoms with Gasteiger partial charge in [0.1, 0.15) is 5.01 Å². The highest BCUT2D eigenvalue weighted by atomic mass is 35.5. The molecule has 0 saturated heterocycles. The Morgan fingerprint density at radius 1 is 1.29 bits per heavy atom. The van der Waals surface area contributed by atoms with Crippen LogP contribution in [-0.2, 0) is 12.0 Å². The number of rotatable bonds is 5. The Kier molecular flexibility index (Phi) is 4.08. The van der Waals surface area contributed by atoms with Crippen molar-refractivity contribution < 1.29 is 0 Å². The van der Waals surface area contributed by atoms with E-state index in [1.165, 1.54) is 28.3 Å². The lowest BCUT2D eigenvalue weighted by Crippen LogP contribution is -2.42. The van der Waals surface area contributed by atoms with Gasteiger partial charge in [-0.15, -0.1) is 11.3 Å². The van der Waals surface area contributed by atoms with E-state index in [9.17, 15) is 0 Å². The van der Waals surface area contributed by atoms with Crippen LogP contribution in [0.4, 0.5) is 0 Å². The average Bonchev–Trinajstić information content (AvgIpc) is 3.17. The third-order valence-corrected chi connectivity index (χ3v) is 5.66. The zero-order valence-electron chi connectivity index (χ0n) is 12.7. The van der Waals surface area contributed by atoms with Crippen molar-refractivity contribution in [3.05, 3.63) is 50.4 Å². The number of nitrogens with zero attached hydrogens (tertiary/aromatic N) is 1. The topological polar surface area (TPSA) is 24.9 Å². The molecular weight excluding hydrogens is 300 g/mol. The Balaban J connectivity index is 1.90. The molecule has 1 fully saturated rings. The standard InChI is InChI=1S/C17H21ClN2S/c1-11-12(2)21-16(19-11)17(3,20-15-8-9-15)10-13-4-6-14(18)7-5-13/h4-7,15,20H,8-10H2,1-3H3. The first-order valence-corrected chi connectivity index (χ1v) is 8.62. The van der Waals surface area contributed by atoms with Crippen LogP contribution in [0.1, 0.15) is 40.9 Å². The highest BCUT2D eigenvalue weighted by Crippen LogP contribution is 2.34. The fraction of sp³-hybridized carbons (Fsp3) is 0.471. The normalized spacial score (nSPS) is 17.7. The maximum absolute atomic E-state index is 5.99. The largest absolute Gasteiger partial charge is 0.303 e. The Morgan fingerprint density at radius 2 is 1.95 bits per heavy atom. The van der Waals surface area contributed by atoms with Crippen LogP contribution in [-0.4, -0.2) is 11.0 Å². The third kappa shape index (κ3) is 3.47. The lowest BCUT2D eigenvalue weighted by atomic mass is 9.93. The first kappa shape index (κ1) is 15.0. The van der Waals surface area contributed by atoms with Crippen LogP contribution in [0.2, 0.25) is 5.02 Å². The van der Waals surface area contributed by atoms with Gasteiger partial charge in [-0.05, 0) is 57.7 Å². The van der Waals surface area contributed by atoms with Crippen molar-refractivity contribution >= 4 is 22.9 Å². The molecule has 1 heterocycles. The summed E-state index contributed by atoms with van der Waals surface area (Å²) in [7, 11) is 0. The number of aromatic nitrogens is 1. The molecule has 0 aliphatic heterocycles. The summed E-state index contributed by atoms with van der Waals surface area (Å²) in [5.41, 5.74) is 2.34. The van der Waals surface area contributed by atoms with E-state index in [-0.39, 0.29) is 5.54 Å². The summed E-state index contributed by atoms with van der Waals surface area (Å²) in [5, 5.41) is 5.78. The highest BCUT2D eigenvalue weighted by molar-refractivity contribution is 7.11. The van der Waals surface area contributed by atoms with E-state index in [1.54, 1.807) is 0 Å². The van der Waals surface area contributed by atoms with Crippen LogP contribution in [0.25, 0.3) is 0 Å². The van der Waals surface area contributed by atoms with Gasteiger partial charge in [0.05, 0.1) is 11.2 Å². The molecule has 1 N–H and O–H groups in total. The molecule has 3 rings (SSSR count). The monoisotopic (exact) mass is 320 g/mol. The van der Waals surface area contributed by atoms with Gasteiger partial charge in [0, 0.05) is 15.9 Å². The van der Waals surface area contributed by atoms with Crippen LogP contribution < -0.4 is 5.32 Å². The van der Waals surface area contributed by atoms with Crippen molar-refractivity contribution in [3.8, 4) is 0 Å². The molecule has 1 saturated carbocycles. The number of thiazole rings is 1. The van der Waals surface area contributed by atoms with Crippen molar-refractivity contribution in [3.63, 3.8) is 0 Å². The highest BCUT2D eigenvalue weighted by Gasteiger charge is 2.36. The molecule has 1 aromatic heterocycles. The molecule has 1 atom stereocenters. The van der Waals surface area contributed by atoms with Crippen LogP contribution in [0, 0.1) is 13.8 Å². The van der Waals surface area contributed by atoms with Crippen molar-refractivity contribution in [2.24, 2.45) is 0 Å². The second kappa shape index (κ2) is 5.71. The van der Waals surface area contributed by atoms with Gasteiger partial charge >= 0.3 is 0 Å². The molecule has 0 bridgehead atoms. The Bertz CT molecular complexity index is 611. The molecule has 1 aliphatic carbocycles. The lowest BCUT2D eigenvalue weighted by Gasteiger charge is -2.29. The molecule has 0 amide bonds. The van der Waals surface area contributed by atoms with Crippen LogP contribution >= 0.6 is 22.9 Å². The predicted molar refractivity (Wildman–Crippen MR) is 90.3 cm³/mol.